The molecule has 0 amide bonds. The summed E-state index contributed by atoms with van der Waals surface area (Å²) in [5.74, 6) is 0.258. The van der Waals surface area contributed by atoms with E-state index in [1.807, 2.05) is 24.5 Å². The Kier molecular flexibility index (Phi) is 4.60. The van der Waals surface area contributed by atoms with Gasteiger partial charge in [-0.1, -0.05) is 36.4 Å². The molecule has 2 fully saturated rings. The fraction of sp³-hybridized carbons (Fsp3) is 0.364. The maximum atomic E-state index is 12.4. The summed E-state index contributed by atoms with van der Waals surface area (Å²) in [5, 5.41) is 3.45. The molecule has 1 aliphatic carbocycles. The SMILES string of the molecule is C=C1CC2COC(=O)C2(Cc2ccc(CNCc3ccncc3)cc2)C1. The molecule has 1 saturated carbocycles. The number of pyridine rings is 1. The molecule has 2 heterocycles. The van der Waals surface area contributed by atoms with Gasteiger partial charge in [0.05, 0.1) is 12.0 Å². The molecule has 4 rings (SSSR count). The number of hydrogen-bond acceptors (Lipinski definition) is 4. The van der Waals surface area contributed by atoms with E-state index in [0.29, 0.717) is 12.5 Å². The number of allylic oxidation sites excluding steroid dienone is 1. The Bertz CT molecular complexity index is 801. The van der Waals surface area contributed by atoms with Gasteiger partial charge in [-0.25, -0.2) is 0 Å². The van der Waals surface area contributed by atoms with E-state index in [1.54, 1.807) is 0 Å². The highest BCUT2D eigenvalue weighted by Crippen LogP contribution is 2.52. The molecular weight excluding hydrogens is 324 g/mol. The summed E-state index contributed by atoms with van der Waals surface area (Å²) in [4.78, 5) is 16.4. The topological polar surface area (TPSA) is 51.2 Å². The number of carbonyl (C=O) groups excluding carboxylic acids is 1. The van der Waals surface area contributed by atoms with Crippen molar-refractivity contribution < 1.29 is 9.53 Å². The second-order valence-electron chi connectivity index (χ2n) is 7.53. The summed E-state index contributed by atoms with van der Waals surface area (Å²) in [5.41, 5.74) is 4.47. The van der Waals surface area contributed by atoms with Crippen LogP contribution >= 0.6 is 0 Å². The number of cyclic esters (lactones) is 1. The first kappa shape index (κ1) is 17.0. The lowest BCUT2D eigenvalue weighted by Crippen LogP contribution is -2.31. The van der Waals surface area contributed by atoms with Crippen molar-refractivity contribution in [3.05, 3.63) is 77.6 Å². The van der Waals surface area contributed by atoms with Gasteiger partial charge in [-0.15, -0.1) is 0 Å². The predicted octanol–water partition coefficient (Wildman–Crippen LogP) is 3.42. The van der Waals surface area contributed by atoms with Crippen molar-refractivity contribution in [2.24, 2.45) is 11.3 Å². The fourth-order valence-electron chi connectivity index (χ4n) is 4.25. The van der Waals surface area contributed by atoms with Crippen LogP contribution < -0.4 is 5.32 Å². The number of esters is 1. The van der Waals surface area contributed by atoms with Crippen molar-refractivity contribution in [1.82, 2.24) is 10.3 Å². The third-order valence-corrected chi connectivity index (χ3v) is 5.65. The minimum absolute atomic E-state index is 0.0377. The van der Waals surface area contributed by atoms with Crippen molar-refractivity contribution in [3.8, 4) is 0 Å². The van der Waals surface area contributed by atoms with E-state index in [9.17, 15) is 4.79 Å². The number of carbonyl (C=O) groups is 1. The quantitative estimate of drug-likeness (QED) is 0.642. The van der Waals surface area contributed by atoms with Gasteiger partial charge in [0.15, 0.2) is 0 Å². The molecule has 1 aromatic carbocycles. The lowest BCUT2D eigenvalue weighted by molar-refractivity contribution is -0.146. The first-order valence-electron chi connectivity index (χ1n) is 9.17. The highest BCUT2D eigenvalue weighted by molar-refractivity contribution is 5.81. The Balaban J connectivity index is 1.37. The van der Waals surface area contributed by atoms with Crippen LogP contribution in [0.15, 0.2) is 60.9 Å². The molecule has 2 aliphatic rings. The van der Waals surface area contributed by atoms with Crippen LogP contribution in [0.25, 0.3) is 0 Å². The van der Waals surface area contributed by atoms with Gasteiger partial charge in [-0.2, -0.15) is 0 Å². The zero-order valence-corrected chi connectivity index (χ0v) is 14.9. The van der Waals surface area contributed by atoms with Crippen LogP contribution in [-0.4, -0.2) is 17.6 Å². The number of nitrogens with zero attached hydrogens (tertiary/aromatic N) is 1. The van der Waals surface area contributed by atoms with E-state index >= 15 is 0 Å². The molecule has 1 aliphatic heterocycles. The van der Waals surface area contributed by atoms with Crippen LogP contribution in [0, 0.1) is 11.3 Å². The predicted molar refractivity (Wildman–Crippen MR) is 100 cm³/mol. The first-order valence-corrected chi connectivity index (χ1v) is 9.17. The van der Waals surface area contributed by atoms with E-state index in [1.165, 1.54) is 22.3 Å². The van der Waals surface area contributed by atoms with E-state index in [-0.39, 0.29) is 11.4 Å². The first-order chi connectivity index (χ1) is 12.7. The van der Waals surface area contributed by atoms with Crippen LogP contribution in [0.5, 0.6) is 0 Å². The number of hydrogen-bond donors (Lipinski definition) is 1. The second-order valence-corrected chi connectivity index (χ2v) is 7.53. The Morgan fingerprint density at radius 1 is 1.08 bits per heavy atom. The van der Waals surface area contributed by atoms with Gasteiger partial charge < -0.3 is 10.1 Å². The van der Waals surface area contributed by atoms with Crippen molar-refractivity contribution in [3.63, 3.8) is 0 Å². The lowest BCUT2D eigenvalue weighted by Gasteiger charge is -2.24. The molecule has 26 heavy (non-hydrogen) atoms. The number of nitrogens with one attached hydrogen (secondary N) is 1. The third kappa shape index (κ3) is 3.29. The summed E-state index contributed by atoms with van der Waals surface area (Å²) < 4.78 is 5.37. The van der Waals surface area contributed by atoms with Crippen LogP contribution in [0.3, 0.4) is 0 Å². The molecule has 0 bridgehead atoms. The highest BCUT2D eigenvalue weighted by Gasteiger charge is 2.55. The molecular formula is C22H24N2O2. The zero-order chi connectivity index (χ0) is 18.0. The van der Waals surface area contributed by atoms with Crippen LogP contribution in [0.1, 0.15) is 29.5 Å². The zero-order valence-electron chi connectivity index (χ0n) is 14.9. The van der Waals surface area contributed by atoms with Crippen LogP contribution in [-0.2, 0) is 29.0 Å². The molecule has 1 aromatic heterocycles. The van der Waals surface area contributed by atoms with Gasteiger partial charge in [-0.05, 0) is 48.1 Å². The minimum atomic E-state index is -0.377. The van der Waals surface area contributed by atoms with Crippen LogP contribution in [0.4, 0.5) is 0 Å². The van der Waals surface area contributed by atoms with Gasteiger partial charge in [0.1, 0.15) is 0 Å². The number of benzene rings is 1. The van der Waals surface area contributed by atoms with Gasteiger partial charge in [0, 0.05) is 31.4 Å². The van der Waals surface area contributed by atoms with Gasteiger partial charge >= 0.3 is 5.97 Å². The molecule has 2 unspecified atom stereocenters. The molecule has 0 radical (unpaired) electrons. The largest absolute Gasteiger partial charge is 0.465 e. The third-order valence-electron chi connectivity index (χ3n) is 5.65. The molecule has 1 N–H and O–H groups in total. The summed E-state index contributed by atoms with van der Waals surface area (Å²) in [6.45, 7) is 6.30. The standard InChI is InChI=1S/C22H24N2O2/c1-16-10-20-15-26-21(25)22(20,11-16)12-17-2-4-18(5-3-17)13-24-14-19-6-8-23-9-7-19/h2-9,20,24H,1,10-15H2. The number of rotatable bonds is 6. The molecule has 2 aromatic rings. The minimum Gasteiger partial charge on any atom is -0.465 e. The lowest BCUT2D eigenvalue weighted by atomic mass is 9.75. The van der Waals surface area contributed by atoms with Gasteiger partial charge in [0.25, 0.3) is 0 Å². The maximum Gasteiger partial charge on any atom is 0.313 e. The number of aromatic nitrogens is 1. The Labute approximate surface area is 154 Å². The molecule has 4 heteroatoms. The van der Waals surface area contributed by atoms with Gasteiger partial charge in [-0.3, -0.25) is 9.78 Å². The van der Waals surface area contributed by atoms with Crippen molar-refractivity contribution >= 4 is 5.97 Å². The van der Waals surface area contributed by atoms with Crippen molar-refractivity contribution in [2.75, 3.05) is 6.61 Å². The Morgan fingerprint density at radius 2 is 1.73 bits per heavy atom. The summed E-state index contributed by atoms with van der Waals surface area (Å²) in [6.07, 6.45) is 6.06. The maximum absolute atomic E-state index is 12.4. The molecule has 1 saturated heterocycles. The van der Waals surface area contributed by atoms with E-state index in [2.05, 4.69) is 41.1 Å². The Hall–Kier alpha value is -2.46. The smallest absolute Gasteiger partial charge is 0.313 e. The van der Waals surface area contributed by atoms with E-state index < -0.39 is 0 Å². The average molecular weight is 348 g/mol. The second kappa shape index (κ2) is 7.04. The Morgan fingerprint density at radius 3 is 2.46 bits per heavy atom. The monoisotopic (exact) mass is 348 g/mol. The molecule has 4 nitrogen and oxygen atoms in total. The normalized spacial score (nSPS) is 24.5. The van der Waals surface area contributed by atoms with E-state index in [0.717, 1.165) is 32.4 Å². The summed E-state index contributed by atoms with van der Waals surface area (Å²) in [6, 6.07) is 12.6. The number of ether oxygens (including phenoxy) is 1. The van der Waals surface area contributed by atoms with E-state index in [4.69, 9.17) is 4.74 Å². The fourth-order valence-corrected chi connectivity index (χ4v) is 4.25. The number of fused-ring (bicyclic) bond motifs is 1. The summed E-state index contributed by atoms with van der Waals surface area (Å²) >= 11 is 0. The highest BCUT2D eigenvalue weighted by atomic mass is 16.5. The molecule has 2 atom stereocenters. The van der Waals surface area contributed by atoms with Crippen LogP contribution in [0.2, 0.25) is 0 Å². The molecule has 0 spiro atoms. The van der Waals surface area contributed by atoms with Gasteiger partial charge in [0.2, 0.25) is 0 Å². The van der Waals surface area contributed by atoms with Crippen molar-refractivity contribution in [2.45, 2.75) is 32.4 Å². The summed E-state index contributed by atoms with van der Waals surface area (Å²) in [7, 11) is 0. The molecule has 134 valence electrons. The van der Waals surface area contributed by atoms with Crippen molar-refractivity contribution in [1.29, 1.82) is 0 Å². The average Bonchev–Trinajstić information content (AvgIpc) is 3.12.